The summed E-state index contributed by atoms with van der Waals surface area (Å²) in [4.78, 5) is 0. The van der Waals surface area contributed by atoms with Gasteiger partial charge in [0.2, 0.25) is 0 Å². The predicted octanol–water partition coefficient (Wildman–Crippen LogP) is 24.5. The second-order valence-electron chi connectivity index (χ2n) is 30.4. The van der Waals surface area contributed by atoms with Crippen LogP contribution in [0.25, 0.3) is 154 Å². The first-order valence-corrected chi connectivity index (χ1v) is 37.5. The number of benzene rings is 16. The molecule has 4 heterocycles. The van der Waals surface area contributed by atoms with Crippen molar-refractivity contribution in [2.45, 2.75) is 45.4 Å². The van der Waals surface area contributed by atoms with Crippen LogP contribution in [0.2, 0.25) is 0 Å². The molecule has 0 fully saturated rings. The van der Waals surface area contributed by atoms with Crippen molar-refractivity contribution >= 4 is 98.0 Å². The Morgan fingerprint density at radius 1 is 0.283 bits per heavy atom. The van der Waals surface area contributed by atoms with E-state index in [1.165, 1.54) is 159 Å². The van der Waals surface area contributed by atoms with E-state index >= 15 is 0 Å². The average Bonchev–Trinajstić information content (AvgIpc) is 1.70. The third-order valence-electron chi connectivity index (χ3n) is 23.1. The summed E-state index contributed by atoms with van der Waals surface area (Å²) in [6.45, 7) is 11.7. The van der Waals surface area contributed by atoms with Gasteiger partial charge in [0.15, 0.2) is 69.4 Å². The van der Waals surface area contributed by atoms with Crippen molar-refractivity contribution in [2.75, 3.05) is 0 Å². The van der Waals surface area contributed by atoms with Crippen molar-refractivity contribution in [1.82, 2.24) is 36.5 Å². The van der Waals surface area contributed by atoms with Gasteiger partial charge in [0.1, 0.15) is 0 Å². The van der Waals surface area contributed by atoms with Crippen LogP contribution in [-0.4, -0.2) is 36.5 Å². The number of fused-ring (bicyclic) bond motifs is 13. The molecule has 4 aromatic heterocycles. The number of rotatable bonds is 5. The van der Waals surface area contributed by atoms with Crippen LogP contribution in [0.15, 0.2) is 323 Å². The summed E-state index contributed by atoms with van der Waals surface area (Å²) in [6.07, 6.45) is 8.56. The molecule has 0 unspecified atom stereocenters. The van der Waals surface area contributed by atoms with Gasteiger partial charge in [0, 0.05) is 190 Å². The fourth-order valence-corrected chi connectivity index (χ4v) is 17.5. The fraction of sp³-hybridized carbons (Fsp3) is 0.109. The molecule has 0 spiro atoms. The molecule has 12 heteroatoms. The molecule has 560 valence electrons. The predicted molar refractivity (Wildman–Crippen MR) is 455 cm³/mol. The van der Waals surface area contributed by atoms with E-state index in [0.29, 0.717) is 0 Å². The Kier molecular flexibility index (Phi) is 21.3. The van der Waals surface area contributed by atoms with Gasteiger partial charge in [-0.15, -0.1) is 69.1 Å². The van der Waals surface area contributed by atoms with Crippen LogP contribution in [0.3, 0.4) is 0 Å². The summed E-state index contributed by atoms with van der Waals surface area (Å²) >= 11 is 0. The molecule has 0 N–H and O–H groups in total. The third-order valence-corrected chi connectivity index (χ3v) is 23.1. The van der Waals surface area contributed by atoms with Crippen molar-refractivity contribution in [2.24, 2.45) is 28.2 Å². The molecule has 4 radical (unpaired) electrons. The topological polar surface area (TPSA) is 39.4 Å². The molecule has 0 saturated carbocycles. The molecule has 2 aliphatic carbocycles. The molecule has 8 nitrogen and oxygen atoms in total. The quantitative estimate of drug-likeness (QED) is 0.154. The number of hydrogen-bond acceptors (Lipinski definition) is 0. The molecule has 0 bridgehead atoms. The van der Waals surface area contributed by atoms with Crippen LogP contribution in [-0.2, 0) is 119 Å². The van der Waals surface area contributed by atoms with Crippen molar-refractivity contribution in [3.05, 3.63) is 375 Å². The van der Waals surface area contributed by atoms with E-state index in [9.17, 15) is 0 Å². The summed E-state index contributed by atoms with van der Waals surface area (Å²) in [5, 5.41) is 12.5. The summed E-state index contributed by atoms with van der Waals surface area (Å²) in [5.74, 6) is 0. The second kappa shape index (κ2) is 31.0. The Labute approximate surface area is 712 Å². The summed E-state index contributed by atoms with van der Waals surface area (Å²) < 4.78 is 17.6. The number of aryl methyl sites for hydroxylation is 5. The second-order valence-corrected chi connectivity index (χ2v) is 30.4. The molecule has 113 heavy (non-hydrogen) atoms. The minimum absolute atomic E-state index is 0. The van der Waals surface area contributed by atoms with Gasteiger partial charge in [-0.3, -0.25) is 0 Å². The molecule has 0 saturated heterocycles. The molecule has 22 rings (SSSR count). The molecule has 0 atom stereocenters. The zero-order chi connectivity index (χ0) is 74.0. The van der Waals surface area contributed by atoms with Gasteiger partial charge in [-0.25, -0.2) is 27.4 Å². The van der Waals surface area contributed by atoms with Gasteiger partial charge in [0.05, 0.1) is 0 Å². The first kappa shape index (κ1) is 77.6. The molecule has 20 aromatic rings. The van der Waals surface area contributed by atoms with E-state index in [2.05, 4.69) is 428 Å². The van der Waals surface area contributed by atoms with Crippen molar-refractivity contribution < 1.29 is 80.4 Å². The molecular formula is C101H80Ir4N8. The Balaban J connectivity index is 0.000000121. The average molecular weight is 2170 g/mol. The van der Waals surface area contributed by atoms with Gasteiger partial charge < -0.3 is 0 Å². The maximum Gasteiger partial charge on any atom is 0.191 e. The van der Waals surface area contributed by atoms with Crippen molar-refractivity contribution in [1.29, 1.82) is 0 Å². The van der Waals surface area contributed by atoms with Gasteiger partial charge in [0.25, 0.3) is 0 Å². The Morgan fingerprint density at radius 2 is 0.726 bits per heavy atom. The van der Waals surface area contributed by atoms with Gasteiger partial charge in [-0.2, -0.15) is 45.5 Å². The molecule has 0 aliphatic heterocycles. The van der Waals surface area contributed by atoms with Crippen molar-refractivity contribution in [3.8, 4) is 56.1 Å². The molecule has 0 amide bonds. The number of para-hydroxylation sites is 4. The fourth-order valence-electron chi connectivity index (χ4n) is 17.5. The minimum Gasteiger partial charge on any atom is -0.248 e. The smallest absolute Gasteiger partial charge is 0.191 e. The Morgan fingerprint density at radius 3 is 1.36 bits per heavy atom. The van der Waals surface area contributed by atoms with Gasteiger partial charge >= 0.3 is 0 Å². The number of aromatic nitrogens is 8. The van der Waals surface area contributed by atoms with E-state index in [1.54, 1.807) is 0 Å². The standard InChI is InChI=1S/C37H34N2.C24H16N2.C22H16N2.C18H14N2.4Ir/c1-24-12-11-17-34-35(24)39(23-38(34)6)33-21-19-26(27-13-7-8-14-28(27)33)25-18-20-31-32(22-25)37(4,5)30-16-10-9-15-29(30)36(31,2)3;1-25-15-26(23-12-5-4-11-22(23)25)21-14-13-19-17-8-3-2-7-16(17)18-9-6-10-20(21)24(18)19;1-23-15-24(20-11-10-16-6-2-3-7-17(16)12-20)22-14-19-9-5-4-8-18(19)13-21(22)23;1-19-13-20(16-9-3-2-4-10-16)18-12-15-8-6-5-7-14(15)11-17(18)19;;;;/h7-20,22-23H,1-6H3;2-13,15H,1H3;2-10,12-15H,1H3;2-9,11-13H,1H3;;;;. The maximum absolute atomic E-state index is 3.71. The Hall–Kier alpha value is -10.7. The number of nitrogens with zero attached hydrogens (tertiary/aromatic N) is 8. The van der Waals surface area contributed by atoms with Gasteiger partial charge in [-0.05, 0) is 86.1 Å². The third kappa shape index (κ3) is 13.3. The SMILES string of the molecule is Cc1cccc2c1n(-c1[c-]cc(-c3ccc4c(c3)C(C)(C)c3ccccc3C4(C)C)c3ccccc13)[cH+]n2C.Cn1[cH+]n(-c2[c-]cc3c4c(cccc24)-c2ccccc2-3)c2ccccc21.Cn1[cH+]n(-c2[c-]cc3ccccc3c2)c2cc3ccccc3cc21.Cn1[cH+]n(-c2[c-]cccc2)c2cc3ccccc3cc21.[Ir].[Ir].[Ir].[Ir]. The van der Waals surface area contributed by atoms with Gasteiger partial charge in [-0.1, -0.05) is 232 Å². The van der Waals surface area contributed by atoms with E-state index < -0.39 is 0 Å². The summed E-state index contributed by atoms with van der Waals surface area (Å²) in [6, 6.07) is 120. The van der Waals surface area contributed by atoms with Crippen LogP contribution in [0.1, 0.15) is 55.5 Å². The van der Waals surface area contributed by atoms with Crippen LogP contribution in [0, 0.1) is 31.2 Å². The van der Waals surface area contributed by atoms with Crippen LogP contribution >= 0.6 is 0 Å². The molecule has 16 aromatic carbocycles. The minimum atomic E-state index is -0.0761. The zero-order valence-electron chi connectivity index (χ0n) is 64.0. The van der Waals surface area contributed by atoms with E-state index in [4.69, 9.17) is 0 Å². The van der Waals surface area contributed by atoms with E-state index in [1.807, 2.05) is 18.2 Å². The molecule has 2 aliphatic rings. The Bertz CT molecular complexity index is 7050. The van der Waals surface area contributed by atoms with Crippen molar-refractivity contribution in [3.63, 3.8) is 0 Å². The maximum atomic E-state index is 3.71. The largest absolute Gasteiger partial charge is 0.248 e. The van der Waals surface area contributed by atoms with Crippen LogP contribution in [0.5, 0.6) is 0 Å². The summed E-state index contributed by atoms with van der Waals surface area (Å²) in [5.41, 5.74) is 28.6. The number of hydrogen-bond donors (Lipinski definition) is 0. The van der Waals surface area contributed by atoms with Crippen LogP contribution < -0.4 is 0 Å². The summed E-state index contributed by atoms with van der Waals surface area (Å²) in [7, 11) is 8.38. The number of imidazole rings is 4. The molecular weight excluding hydrogens is 2090 g/mol. The zero-order valence-corrected chi connectivity index (χ0v) is 73.6. The monoisotopic (exact) mass is 2180 g/mol. The first-order valence-electron chi connectivity index (χ1n) is 37.5. The normalized spacial score (nSPS) is 12.5. The van der Waals surface area contributed by atoms with Crippen LogP contribution in [0.4, 0.5) is 0 Å². The first-order chi connectivity index (χ1) is 53.1. The van der Waals surface area contributed by atoms with E-state index in [-0.39, 0.29) is 91.3 Å². The van der Waals surface area contributed by atoms with E-state index in [0.717, 1.165) is 22.7 Å².